The van der Waals surface area contributed by atoms with Crippen molar-refractivity contribution in [1.82, 2.24) is 9.88 Å². The third kappa shape index (κ3) is 3.99. The molecular weight excluding hydrogens is 338 g/mol. The molecular formula is C21H27N5O. The SMILES string of the molecule is Cc1cccc(N2CCN(C(=O)Nc3cccnc3N3CCCC3)CC2)c1. The Hall–Kier alpha value is -2.76. The number of rotatable bonds is 3. The van der Waals surface area contributed by atoms with Crippen LogP contribution in [0.2, 0.25) is 0 Å². The van der Waals surface area contributed by atoms with Crippen molar-refractivity contribution in [3.63, 3.8) is 0 Å². The number of nitrogens with zero attached hydrogens (tertiary/aromatic N) is 4. The van der Waals surface area contributed by atoms with Gasteiger partial charge in [-0.1, -0.05) is 12.1 Å². The number of nitrogens with one attached hydrogen (secondary N) is 1. The molecule has 1 N–H and O–H groups in total. The van der Waals surface area contributed by atoms with E-state index in [9.17, 15) is 4.79 Å². The number of piperazine rings is 1. The Morgan fingerprint density at radius 2 is 1.74 bits per heavy atom. The number of aromatic nitrogens is 1. The van der Waals surface area contributed by atoms with Gasteiger partial charge in [-0.15, -0.1) is 0 Å². The lowest BCUT2D eigenvalue weighted by Crippen LogP contribution is -2.50. The van der Waals surface area contributed by atoms with E-state index in [0.29, 0.717) is 0 Å². The van der Waals surface area contributed by atoms with Gasteiger partial charge in [0.2, 0.25) is 0 Å². The highest BCUT2D eigenvalue weighted by Crippen LogP contribution is 2.26. The van der Waals surface area contributed by atoms with E-state index in [-0.39, 0.29) is 6.03 Å². The second-order valence-electron chi connectivity index (χ2n) is 7.31. The van der Waals surface area contributed by atoms with Gasteiger partial charge in [-0.05, 0) is 49.6 Å². The largest absolute Gasteiger partial charge is 0.368 e. The Morgan fingerprint density at radius 1 is 0.963 bits per heavy atom. The first-order valence-corrected chi connectivity index (χ1v) is 9.78. The molecule has 0 bridgehead atoms. The lowest BCUT2D eigenvalue weighted by molar-refractivity contribution is 0.208. The molecule has 0 radical (unpaired) electrons. The van der Waals surface area contributed by atoms with Crippen molar-refractivity contribution in [2.24, 2.45) is 0 Å². The van der Waals surface area contributed by atoms with E-state index in [2.05, 4.69) is 51.3 Å². The molecule has 142 valence electrons. The van der Waals surface area contributed by atoms with Gasteiger partial charge in [-0.2, -0.15) is 0 Å². The molecule has 6 nitrogen and oxygen atoms in total. The zero-order valence-corrected chi connectivity index (χ0v) is 15.9. The molecule has 6 heteroatoms. The van der Waals surface area contributed by atoms with Gasteiger partial charge in [-0.3, -0.25) is 0 Å². The molecule has 0 saturated carbocycles. The van der Waals surface area contributed by atoms with Gasteiger partial charge in [0.05, 0.1) is 5.69 Å². The first-order chi connectivity index (χ1) is 13.2. The topological polar surface area (TPSA) is 51.7 Å². The molecule has 0 unspecified atom stereocenters. The number of carbonyl (C=O) groups is 1. The minimum absolute atomic E-state index is 0.0349. The van der Waals surface area contributed by atoms with Crippen molar-refractivity contribution in [2.75, 3.05) is 54.4 Å². The van der Waals surface area contributed by atoms with Crippen LogP contribution in [0.3, 0.4) is 0 Å². The van der Waals surface area contributed by atoms with Crippen LogP contribution < -0.4 is 15.1 Å². The maximum Gasteiger partial charge on any atom is 0.322 e. The third-order valence-corrected chi connectivity index (χ3v) is 5.37. The average Bonchev–Trinajstić information content (AvgIpc) is 3.23. The standard InChI is InChI=1S/C21H27N5O/c1-17-6-4-7-18(16-17)24-12-14-26(15-13-24)21(27)23-19-8-5-9-22-20(19)25-10-2-3-11-25/h4-9,16H,2-3,10-15H2,1H3,(H,23,27). The Balaban J connectivity index is 1.38. The van der Waals surface area contributed by atoms with E-state index in [1.165, 1.54) is 24.1 Å². The molecule has 2 aliphatic heterocycles. The number of hydrogen-bond donors (Lipinski definition) is 1. The zero-order chi connectivity index (χ0) is 18.6. The van der Waals surface area contributed by atoms with E-state index < -0.39 is 0 Å². The lowest BCUT2D eigenvalue weighted by atomic mass is 10.2. The van der Waals surface area contributed by atoms with Gasteiger partial charge in [0, 0.05) is 51.2 Å². The molecule has 0 atom stereocenters. The normalized spacial score (nSPS) is 17.3. The maximum absolute atomic E-state index is 12.8. The van der Waals surface area contributed by atoms with Gasteiger partial charge in [0.1, 0.15) is 0 Å². The molecule has 2 aromatic rings. The number of pyridine rings is 1. The highest BCUT2D eigenvalue weighted by Gasteiger charge is 2.23. The summed E-state index contributed by atoms with van der Waals surface area (Å²) in [6.07, 6.45) is 4.17. The average molecular weight is 365 g/mol. The first kappa shape index (κ1) is 17.6. The van der Waals surface area contributed by atoms with Crippen LogP contribution in [-0.2, 0) is 0 Å². The summed E-state index contributed by atoms with van der Waals surface area (Å²) in [5.74, 6) is 0.891. The predicted molar refractivity (Wildman–Crippen MR) is 110 cm³/mol. The second-order valence-corrected chi connectivity index (χ2v) is 7.31. The highest BCUT2D eigenvalue weighted by atomic mass is 16.2. The highest BCUT2D eigenvalue weighted by molar-refractivity contribution is 5.92. The number of benzene rings is 1. The Kier molecular flexibility index (Phi) is 5.14. The Bertz CT molecular complexity index is 795. The van der Waals surface area contributed by atoms with Crippen LogP contribution in [0.1, 0.15) is 18.4 Å². The maximum atomic E-state index is 12.8. The number of carbonyl (C=O) groups excluding carboxylic acids is 1. The molecule has 2 amide bonds. The van der Waals surface area contributed by atoms with E-state index in [1.54, 1.807) is 6.20 Å². The fraction of sp³-hybridized carbons (Fsp3) is 0.429. The van der Waals surface area contributed by atoms with Crippen molar-refractivity contribution in [3.8, 4) is 0 Å². The van der Waals surface area contributed by atoms with Crippen molar-refractivity contribution in [2.45, 2.75) is 19.8 Å². The molecule has 1 aromatic heterocycles. The minimum atomic E-state index is -0.0349. The van der Waals surface area contributed by atoms with Crippen LogP contribution in [0.5, 0.6) is 0 Å². The van der Waals surface area contributed by atoms with E-state index in [0.717, 1.165) is 50.8 Å². The van der Waals surface area contributed by atoms with Crippen molar-refractivity contribution in [1.29, 1.82) is 0 Å². The summed E-state index contributed by atoms with van der Waals surface area (Å²) in [5, 5.41) is 3.09. The summed E-state index contributed by atoms with van der Waals surface area (Å²) in [6, 6.07) is 12.3. The number of amides is 2. The minimum Gasteiger partial charge on any atom is -0.368 e. The second kappa shape index (κ2) is 7.86. The van der Waals surface area contributed by atoms with Gasteiger partial charge in [-0.25, -0.2) is 9.78 Å². The first-order valence-electron chi connectivity index (χ1n) is 9.78. The van der Waals surface area contributed by atoms with Gasteiger partial charge in [0.25, 0.3) is 0 Å². The van der Waals surface area contributed by atoms with Crippen LogP contribution in [-0.4, -0.2) is 55.2 Å². The monoisotopic (exact) mass is 365 g/mol. The molecule has 27 heavy (non-hydrogen) atoms. The molecule has 1 aromatic carbocycles. The summed E-state index contributed by atoms with van der Waals surface area (Å²) in [7, 11) is 0. The summed E-state index contributed by atoms with van der Waals surface area (Å²) in [5.41, 5.74) is 3.31. The van der Waals surface area contributed by atoms with E-state index >= 15 is 0 Å². The lowest BCUT2D eigenvalue weighted by Gasteiger charge is -2.36. The fourth-order valence-corrected chi connectivity index (χ4v) is 3.86. The zero-order valence-electron chi connectivity index (χ0n) is 15.9. The van der Waals surface area contributed by atoms with Gasteiger partial charge in [0.15, 0.2) is 5.82 Å². The van der Waals surface area contributed by atoms with Crippen LogP contribution in [0.15, 0.2) is 42.6 Å². The van der Waals surface area contributed by atoms with Crippen LogP contribution in [0, 0.1) is 6.92 Å². The number of urea groups is 1. The molecule has 0 aliphatic carbocycles. The summed E-state index contributed by atoms with van der Waals surface area (Å²) in [4.78, 5) is 23.8. The summed E-state index contributed by atoms with van der Waals surface area (Å²) >= 11 is 0. The van der Waals surface area contributed by atoms with Crippen LogP contribution in [0.4, 0.5) is 22.0 Å². The van der Waals surface area contributed by atoms with Gasteiger partial charge >= 0.3 is 6.03 Å². The molecule has 2 aliphatic rings. The van der Waals surface area contributed by atoms with E-state index in [4.69, 9.17) is 0 Å². The number of aryl methyl sites for hydroxylation is 1. The van der Waals surface area contributed by atoms with E-state index in [1.807, 2.05) is 17.0 Å². The quantitative estimate of drug-likeness (QED) is 0.906. The smallest absolute Gasteiger partial charge is 0.322 e. The fourth-order valence-electron chi connectivity index (χ4n) is 3.86. The Labute approximate surface area is 160 Å². The van der Waals surface area contributed by atoms with Crippen molar-refractivity contribution in [3.05, 3.63) is 48.2 Å². The van der Waals surface area contributed by atoms with Gasteiger partial charge < -0.3 is 20.0 Å². The van der Waals surface area contributed by atoms with Crippen LogP contribution >= 0.6 is 0 Å². The summed E-state index contributed by atoms with van der Waals surface area (Å²) < 4.78 is 0. The number of anilines is 3. The predicted octanol–water partition coefficient (Wildman–Crippen LogP) is 3.34. The number of hydrogen-bond acceptors (Lipinski definition) is 4. The summed E-state index contributed by atoms with van der Waals surface area (Å²) in [6.45, 7) is 7.27. The molecule has 4 rings (SSSR count). The molecule has 2 fully saturated rings. The van der Waals surface area contributed by atoms with Crippen molar-refractivity contribution < 1.29 is 4.79 Å². The molecule has 3 heterocycles. The Morgan fingerprint density at radius 3 is 2.48 bits per heavy atom. The molecule has 2 saturated heterocycles. The third-order valence-electron chi connectivity index (χ3n) is 5.37. The van der Waals surface area contributed by atoms with Crippen molar-refractivity contribution >= 4 is 23.2 Å². The van der Waals surface area contributed by atoms with Crippen LogP contribution in [0.25, 0.3) is 0 Å². The molecule has 0 spiro atoms.